The molecule has 2 nitrogen and oxygen atoms in total. The molecule has 1 aromatic carbocycles. The zero-order valence-corrected chi connectivity index (χ0v) is 13.0. The van der Waals surface area contributed by atoms with E-state index in [9.17, 15) is 0 Å². The maximum Gasteiger partial charge on any atom is 0.0934 e. The average Bonchev–Trinajstić information content (AvgIpc) is 2.75. The lowest BCUT2D eigenvalue weighted by molar-refractivity contribution is 0.621. The van der Waals surface area contributed by atoms with Crippen molar-refractivity contribution in [3.8, 4) is 0 Å². The third-order valence-corrected chi connectivity index (χ3v) is 4.59. The molecule has 0 saturated carbocycles. The van der Waals surface area contributed by atoms with Gasteiger partial charge in [0.1, 0.15) is 0 Å². The Morgan fingerprint density at radius 3 is 2.78 bits per heavy atom. The van der Waals surface area contributed by atoms with Crippen molar-refractivity contribution in [3.63, 3.8) is 0 Å². The Kier molecular flexibility index (Phi) is 4.92. The molecule has 1 aromatic heterocycles. The van der Waals surface area contributed by atoms with E-state index in [1.807, 2.05) is 14.0 Å². The number of aryl methyl sites for hydroxylation is 1. The summed E-state index contributed by atoms with van der Waals surface area (Å²) in [7, 11) is 2.00. The number of likely N-dealkylation sites (N-methyl/N-ethyl adjacent to an activating group) is 1. The van der Waals surface area contributed by atoms with Crippen LogP contribution >= 0.6 is 27.3 Å². The van der Waals surface area contributed by atoms with Crippen LogP contribution in [0.2, 0.25) is 0 Å². The SMILES string of the molecule is CNCC(Cc1nc(C)cs1)c1ccccc1Br. The largest absolute Gasteiger partial charge is 0.319 e. The smallest absolute Gasteiger partial charge is 0.0934 e. The number of benzene rings is 1. The second kappa shape index (κ2) is 6.45. The molecule has 0 saturated heterocycles. The molecule has 4 heteroatoms. The zero-order valence-electron chi connectivity index (χ0n) is 10.6. The summed E-state index contributed by atoms with van der Waals surface area (Å²) in [6.07, 6.45) is 0.988. The Balaban J connectivity index is 2.20. The third kappa shape index (κ3) is 3.40. The van der Waals surface area contributed by atoms with Crippen LogP contribution in [-0.4, -0.2) is 18.6 Å². The van der Waals surface area contributed by atoms with Gasteiger partial charge in [-0.15, -0.1) is 11.3 Å². The van der Waals surface area contributed by atoms with Gasteiger partial charge in [-0.2, -0.15) is 0 Å². The van der Waals surface area contributed by atoms with Crippen LogP contribution in [0, 0.1) is 6.92 Å². The van der Waals surface area contributed by atoms with Crippen LogP contribution in [0.25, 0.3) is 0 Å². The van der Waals surface area contributed by atoms with E-state index in [4.69, 9.17) is 0 Å². The number of halogens is 1. The molecule has 1 atom stereocenters. The molecule has 2 aromatic rings. The van der Waals surface area contributed by atoms with Crippen molar-refractivity contribution >= 4 is 27.3 Å². The highest BCUT2D eigenvalue weighted by Crippen LogP contribution is 2.28. The summed E-state index contributed by atoms with van der Waals surface area (Å²) < 4.78 is 1.18. The molecule has 2 rings (SSSR count). The minimum atomic E-state index is 0.455. The third-order valence-electron chi connectivity index (χ3n) is 2.88. The second-order valence-corrected chi connectivity index (χ2v) is 6.16. The Bertz CT molecular complexity index is 510. The van der Waals surface area contributed by atoms with Gasteiger partial charge in [-0.3, -0.25) is 0 Å². The van der Waals surface area contributed by atoms with Crippen LogP contribution in [-0.2, 0) is 6.42 Å². The molecular formula is C14H17BrN2S. The Hall–Kier alpha value is -0.710. The number of thiazole rings is 1. The molecule has 0 amide bonds. The lowest BCUT2D eigenvalue weighted by atomic mass is 9.96. The number of nitrogens with zero attached hydrogens (tertiary/aromatic N) is 1. The van der Waals surface area contributed by atoms with E-state index in [-0.39, 0.29) is 0 Å². The first-order chi connectivity index (χ1) is 8.70. The fourth-order valence-electron chi connectivity index (χ4n) is 2.05. The number of rotatable bonds is 5. The van der Waals surface area contributed by atoms with E-state index in [0.717, 1.165) is 18.7 Å². The first-order valence-corrected chi connectivity index (χ1v) is 7.68. The monoisotopic (exact) mass is 324 g/mol. The molecule has 1 unspecified atom stereocenters. The maximum absolute atomic E-state index is 4.56. The molecule has 0 aliphatic rings. The summed E-state index contributed by atoms with van der Waals surface area (Å²) in [6.45, 7) is 3.01. The number of hydrogen-bond acceptors (Lipinski definition) is 3. The van der Waals surface area contributed by atoms with Gasteiger partial charge >= 0.3 is 0 Å². The highest BCUT2D eigenvalue weighted by Gasteiger charge is 2.15. The van der Waals surface area contributed by atoms with Crippen molar-refractivity contribution in [3.05, 3.63) is 50.4 Å². The van der Waals surface area contributed by atoms with E-state index in [1.54, 1.807) is 11.3 Å². The van der Waals surface area contributed by atoms with Gasteiger partial charge in [-0.1, -0.05) is 34.1 Å². The van der Waals surface area contributed by atoms with E-state index in [2.05, 4.69) is 55.9 Å². The van der Waals surface area contributed by atoms with Gasteiger partial charge in [-0.25, -0.2) is 4.98 Å². The summed E-state index contributed by atoms with van der Waals surface area (Å²) in [5.74, 6) is 0.455. The summed E-state index contributed by atoms with van der Waals surface area (Å²) in [5.41, 5.74) is 2.46. The zero-order chi connectivity index (χ0) is 13.0. The number of aromatic nitrogens is 1. The van der Waals surface area contributed by atoms with Gasteiger partial charge in [0.25, 0.3) is 0 Å². The summed E-state index contributed by atoms with van der Waals surface area (Å²) in [4.78, 5) is 4.56. The predicted molar refractivity (Wildman–Crippen MR) is 81.4 cm³/mol. The molecule has 1 heterocycles. The van der Waals surface area contributed by atoms with Crippen LogP contribution in [0.4, 0.5) is 0 Å². The summed E-state index contributed by atoms with van der Waals surface area (Å²) >= 11 is 5.39. The molecule has 0 aliphatic carbocycles. The summed E-state index contributed by atoms with van der Waals surface area (Å²) in [6, 6.07) is 8.44. The first-order valence-electron chi connectivity index (χ1n) is 6.00. The van der Waals surface area contributed by atoms with Gasteiger partial charge < -0.3 is 5.32 Å². The van der Waals surface area contributed by atoms with Gasteiger partial charge in [-0.05, 0) is 25.6 Å². The van der Waals surface area contributed by atoms with Crippen molar-refractivity contribution < 1.29 is 0 Å². The van der Waals surface area contributed by atoms with Crippen LogP contribution in [0.15, 0.2) is 34.1 Å². The lowest BCUT2D eigenvalue weighted by Gasteiger charge is -2.17. The lowest BCUT2D eigenvalue weighted by Crippen LogP contribution is -2.19. The van der Waals surface area contributed by atoms with Gasteiger partial charge in [0.2, 0.25) is 0 Å². The van der Waals surface area contributed by atoms with E-state index in [0.29, 0.717) is 5.92 Å². The maximum atomic E-state index is 4.56. The highest BCUT2D eigenvalue weighted by molar-refractivity contribution is 9.10. The molecule has 96 valence electrons. The standard InChI is InChI=1S/C14H17BrN2S/c1-10-9-18-14(17-10)7-11(8-16-2)12-5-3-4-6-13(12)15/h3-6,9,11,16H,7-8H2,1-2H3. The van der Waals surface area contributed by atoms with E-state index >= 15 is 0 Å². The van der Waals surface area contributed by atoms with Crippen LogP contribution in [0.1, 0.15) is 22.2 Å². The molecule has 0 radical (unpaired) electrons. The second-order valence-electron chi connectivity index (χ2n) is 4.36. The predicted octanol–water partition coefficient (Wildman–Crippen LogP) is 3.76. The molecular weight excluding hydrogens is 308 g/mol. The fourth-order valence-corrected chi connectivity index (χ4v) is 3.51. The topological polar surface area (TPSA) is 24.9 Å². The Labute approximate surface area is 121 Å². The Morgan fingerprint density at radius 1 is 1.39 bits per heavy atom. The molecule has 0 aliphatic heterocycles. The van der Waals surface area contributed by atoms with E-state index < -0.39 is 0 Å². The number of hydrogen-bond donors (Lipinski definition) is 1. The van der Waals surface area contributed by atoms with Gasteiger partial charge in [0.15, 0.2) is 0 Å². The first kappa shape index (κ1) is 13.7. The van der Waals surface area contributed by atoms with Crippen molar-refractivity contribution in [2.45, 2.75) is 19.3 Å². The van der Waals surface area contributed by atoms with Crippen molar-refractivity contribution in [2.24, 2.45) is 0 Å². The van der Waals surface area contributed by atoms with Crippen LogP contribution in [0.5, 0.6) is 0 Å². The highest BCUT2D eigenvalue weighted by atomic mass is 79.9. The molecule has 0 fully saturated rings. The number of nitrogens with one attached hydrogen (secondary N) is 1. The normalized spacial score (nSPS) is 12.6. The minimum Gasteiger partial charge on any atom is -0.319 e. The minimum absolute atomic E-state index is 0.455. The quantitative estimate of drug-likeness (QED) is 0.905. The van der Waals surface area contributed by atoms with Crippen molar-refractivity contribution in [1.29, 1.82) is 0 Å². The summed E-state index contributed by atoms with van der Waals surface area (Å²) in [5, 5.41) is 6.61. The molecule has 18 heavy (non-hydrogen) atoms. The van der Waals surface area contributed by atoms with Crippen molar-refractivity contribution in [2.75, 3.05) is 13.6 Å². The molecule has 0 spiro atoms. The molecule has 1 N–H and O–H groups in total. The van der Waals surface area contributed by atoms with Gasteiger partial charge in [0.05, 0.1) is 5.01 Å². The van der Waals surface area contributed by atoms with Crippen LogP contribution < -0.4 is 5.32 Å². The Morgan fingerprint density at radius 2 is 2.17 bits per heavy atom. The van der Waals surface area contributed by atoms with Gasteiger partial charge in [0, 0.05) is 34.4 Å². The molecule has 0 bridgehead atoms. The average molecular weight is 325 g/mol. The fraction of sp³-hybridized carbons (Fsp3) is 0.357. The van der Waals surface area contributed by atoms with Crippen molar-refractivity contribution in [1.82, 2.24) is 10.3 Å². The van der Waals surface area contributed by atoms with Crippen LogP contribution in [0.3, 0.4) is 0 Å². The van der Waals surface area contributed by atoms with E-state index in [1.165, 1.54) is 15.0 Å².